The Morgan fingerprint density at radius 2 is 1.81 bits per heavy atom. The number of hydrogen-bond donors (Lipinski definition) is 2. The summed E-state index contributed by atoms with van der Waals surface area (Å²) in [6.07, 6.45) is -2.12. The van der Waals surface area contributed by atoms with E-state index in [1.54, 1.807) is 18.2 Å². The maximum Gasteiger partial charge on any atom is 0.421 e. The molecule has 11 heteroatoms. The molecular formula is C21H15Cl2F3N4OS. The van der Waals surface area contributed by atoms with Crippen LogP contribution in [0, 0.1) is 0 Å². The Morgan fingerprint density at radius 1 is 1.09 bits per heavy atom. The fourth-order valence-corrected chi connectivity index (χ4v) is 4.71. The summed E-state index contributed by atoms with van der Waals surface area (Å²) in [6, 6.07) is 6.54. The van der Waals surface area contributed by atoms with Crippen molar-refractivity contribution < 1.29 is 18.3 Å². The summed E-state index contributed by atoms with van der Waals surface area (Å²) in [7, 11) is 0. The largest absolute Gasteiger partial charge is 0.421 e. The molecule has 0 fully saturated rings. The number of thiophene rings is 1. The van der Waals surface area contributed by atoms with Gasteiger partial charge in [0.2, 0.25) is 0 Å². The van der Waals surface area contributed by atoms with Crippen LogP contribution in [0.15, 0.2) is 48.1 Å². The molecule has 5 nitrogen and oxygen atoms in total. The fraction of sp³-hybridized carbons (Fsp3) is 0.190. The molecule has 2 unspecified atom stereocenters. The topological polar surface area (TPSA) is 84.9 Å². The Labute approximate surface area is 194 Å². The van der Waals surface area contributed by atoms with E-state index in [1.165, 1.54) is 29.8 Å². The highest BCUT2D eigenvalue weighted by Gasteiger charge is 2.51. The highest BCUT2D eigenvalue weighted by molar-refractivity contribution is 7.18. The van der Waals surface area contributed by atoms with Crippen LogP contribution in [0.2, 0.25) is 10.2 Å². The van der Waals surface area contributed by atoms with E-state index in [0.717, 1.165) is 11.5 Å². The SMILES string of the molecule is CC(O)(c1ccnc(-c2nccc3c(C(N)c4nc(Cl)ccc4Cl)csc23)c1)C(F)(F)F. The first-order valence-corrected chi connectivity index (χ1v) is 10.8. The van der Waals surface area contributed by atoms with Crippen LogP contribution in [-0.4, -0.2) is 26.2 Å². The molecule has 0 aliphatic rings. The van der Waals surface area contributed by atoms with Gasteiger partial charge in [-0.1, -0.05) is 23.2 Å². The van der Waals surface area contributed by atoms with Crippen LogP contribution >= 0.6 is 34.5 Å². The lowest BCUT2D eigenvalue weighted by Crippen LogP contribution is -2.39. The third-order valence-electron chi connectivity index (χ3n) is 5.10. The number of aliphatic hydroxyl groups is 1. The maximum absolute atomic E-state index is 13.3. The zero-order chi connectivity index (χ0) is 23.3. The third kappa shape index (κ3) is 3.95. The zero-order valence-electron chi connectivity index (χ0n) is 16.4. The van der Waals surface area contributed by atoms with Crippen molar-refractivity contribution >= 4 is 44.6 Å². The first kappa shape index (κ1) is 22.9. The zero-order valence-corrected chi connectivity index (χ0v) is 18.7. The Bertz CT molecular complexity index is 1310. The van der Waals surface area contributed by atoms with Gasteiger partial charge in [0.05, 0.1) is 27.2 Å². The van der Waals surface area contributed by atoms with Gasteiger partial charge in [-0.3, -0.25) is 9.97 Å². The van der Waals surface area contributed by atoms with Gasteiger partial charge >= 0.3 is 6.18 Å². The molecule has 0 aliphatic carbocycles. The molecule has 0 aliphatic heterocycles. The number of fused-ring (bicyclic) bond motifs is 1. The number of hydrogen-bond acceptors (Lipinski definition) is 6. The van der Waals surface area contributed by atoms with Crippen molar-refractivity contribution in [3.8, 4) is 11.4 Å². The lowest BCUT2D eigenvalue weighted by atomic mass is 9.95. The molecule has 32 heavy (non-hydrogen) atoms. The summed E-state index contributed by atoms with van der Waals surface area (Å²) in [5.74, 6) is 0. The molecule has 0 saturated carbocycles. The summed E-state index contributed by atoms with van der Waals surface area (Å²) in [5, 5.41) is 13.2. The molecule has 4 aromatic rings. The van der Waals surface area contributed by atoms with E-state index < -0.39 is 17.8 Å². The molecule has 0 saturated heterocycles. The van der Waals surface area contributed by atoms with Crippen molar-refractivity contribution in [2.45, 2.75) is 24.7 Å². The predicted octanol–water partition coefficient (Wildman–Crippen LogP) is 5.88. The predicted molar refractivity (Wildman–Crippen MR) is 119 cm³/mol. The molecular weight excluding hydrogens is 484 g/mol. The van der Waals surface area contributed by atoms with Crippen molar-refractivity contribution in [2.75, 3.05) is 0 Å². The van der Waals surface area contributed by atoms with E-state index in [1.807, 2.05) is 5.38 Å². The van der Waals surface area contributed by atoms with Gasteiger partial charge in [-0.2, -0.15) is 13.2 Å². The molecule has 0 spiro atoms. The van der Waals surface area contributed by atoms with Gasteiger partial charge in [0.15, 0.2) is 5.60 Å². The summed E-state index contributed by atoms with van der Waals surface area (Å²) in [6.45, 7) is 0.699. The molecule has 4 aromatic heterocycles. The van der Waals surface area contributed by atoms with E-state index in [2.05, 4.69) is 15.0 Å². The average Bonchev–Trinajstić information content (AvgIpc) is 3.18. The molecule has 0 amide bonds. The molecule has 2 atom stereocenters. The second-order valence-electron chi connectivity index (χ2n) is 7.21. The van der Waals surface area contributed by atoms with Crippen molar-refractivity contribution in [1.82, 2.24) is 15.0 Å². The van der Waals surface area contributed by atoms with Gasteiger partial charge in [0.25, 0.3) is 0 Å². The van der Waals surface area contributed by atoms with Crippen molar-refractivity contribution in [2.24, 2.45) is 5.73 Å². The highest BCUT2D eigenvalue weighted by atomic mass is 35.5. The van der Waals surface area contributed by atoms with Gasteiger partial charge in [0, 0.05) is 17.8 Å². The first-order chi connectivity index (χ1) is 15.0. The highest BCUT2D eigenvalue weighted by Crippen LogP contribution is 2.41. The van der Waals surface area contributed by atoms with Gasteiger partial charge in [-0.25, -0.2) is 4.98 Å². The van der Waals surface area contributed by atoms with Crippen molar-refractivity contribution in [3.63, 3.8) is 0 Å². The Morgan fingerprint density at radius 3 is 2.53 bits per heavy atom. The normalized spacial score (nSPS) is 15.0. The minimum Gasteiger partial charge on any atom is -0.376 e. The van der Waals surface area contributed by atoms with Crippen LogP contribution in [0.3, 0.4) is 0 Å². The lowest BCUT2D eigenvalue weighted by molar-refractivity contribution is -0.258. The smallest absolute Gasteiger partial charge is 0.376 e. The molecule has 4 heterocycles. The number of nitrogens with zero attached hydrogens (tertiary/aromatic N) is 3. The van der Waals surface area contributed by atoms with Crippen LogP contribution in [0.25, 0.3) is 21.5 Å². The lowest BCUT2D eigenvalue weighted by Gasteiger charge is -2.26. The Kier molecular flexibility index (Phi) is 5.89. The van der Waals surface area contributed by atoms with E-state index in [0.29, 0.717) is 33.6 Å². The number of alkyl halides is 3. The molecule has 4 rings (SSSR count). The Balaban J connectivity index is 1.82. The summed E-state index contributed by atoms with van der Waals surface area (Å²) < 4.78 is 40.6. The minimum atomic E-state index is -4.85. The van der Waals surface area contributed by atoms with Crippen LogP contribution < -0.4 is 5.73 Å². The number of rotatable bonds is 4. The quantitative estimate of drug-likeness (QED) is 0.343. The van der Waals surface area contributed by atoms with Gasteiger partial charge in [-0.05, 0) is 53.8 Å². The minimum absolute atomic E-state index is 0.193. The van der Waals surface area contributed by atoms with Crippen LogP contribution in [0.5, 0.6) is 0 Å². The number of halogens is 5. The Hall–Kier alpha value is -2.30. The van der Waals surface area contributed by atoms with Crippen LogP contribution in [-0.2, 0) is 5.60 Å². The van der Waals surface area contributed by atoms with E-state index >= 15 is 0 Å². The second kappa shape index (κ2) is 8.24. The monoisotopic (exact) mass is 498 g/mol. The number of pyridine rings is 3. The molecule has 3 N–H and O–H groups in total. The maximum atomic E-state index is 13.3. The third-order valence-corrected chi connectivity index (χ3v) is 6.66. The standard InChI is InChI=1S/C21H15Cl2F3N4OS/c1-20(31,21(24,25)26)10-4-6-28-14(8-10)18-19-11(5-7-29-18)12(9-32-19)16(27)17-13(22)2-3-15(23)30-17/h2-9,16,31H,27H2,1H3. The summed E-state index contributed by atoms with van der Waals surface area (Å²) in [5.41, 5.74) is 4.73. The van der Waals surface area contributed by atoms with Crippen molar-refractivity contribution in [1.29, 1.82) is 0 Å². The molecule has 0 radical (unpaired) electrons. The van der Waals surface area contributed by atoms with Crippen LogP contribution in [0.1, 0.15) is 29.8 Å². The second-order valence-corrected chi connectivity index (χ2v) is 8.88. The number of aromatic nitrogens is 3. The average molecular weight is 499 g/mol. The van der Waals surface area contributed by atoms with E-state index in [-0.39, 0.29) is 16.4 Å². The molecule has 0 aromatic carbocycles. The van der Waals surface area contributed by atoms with Crippen molar-refractivity contribution in [3.05, 3.63) is 75.1 Å². The molecule has 166 valence electrons. The van der Waals surface area contributed by atoms with E-state index in [9.17, 15) is 18.3 Å². The van der Waals surface area contributed by atoms with Crippen LogP contribution in [0.4, 0.5) is 13.2 Å². The first-order valence-electron chi connectivity index (χ1n) is 9.20. The van der Waals surface area contributed by atoms with Gasteiger partial charge < -0.3 is 10.8 Å². The van der Waals surface area contributed by atoms with E-state index in [4.69, 9.17) is 28.9 Å². The molecule has 0 bridgehead atoms. The number of nitrogens with two attached hydrogens (primary N) is 1. The summed E-state index contributed by atoms with van der Waals surface area (Å²) >= 11 is 13.6. The van der Waals surface area contributed by atoms with Gasteiger partial charge in [-0.15, -0.1) is 11.3 Å². The fourth-order valence-electron chi connectivity index (χ4n) is 3.23. The van der Waals surface area contributed by atoms with Gasteiger partial charge in [0.1, 0.15) is 10.8 Å². The summed E-state index contributed by atoms with van der Waals surface area (Å²) in [4.78, 5) is 12.7.